The molecule has 36 heavy (non-hydrogen) atoms. The number of hydrogen-bond acceptors (Lipinski definition) is 4. The number of thiophene rings is 1. The van der Waals surface area contributed by atoms with Gasteiger partial charge < -0.3 is 9.80 Å². The highest BCUT2D eigenvalue weighted by Crippen LogP contribution is 2.37. The van der Waals surface area contributed by atoms with Crippen molar-refractivity contribution < 1.29 is 14.0 Å². The van der Waals surface area contributed by atoms with Crippen LogP contribution in [-0.4, -0.2) is 65.3 Å². The third kappa shape index (κ3) is 6.54. The van der Waals surface area contributed by atoms with E-state index in [1.165, 1.54) is 42.2 Å². The number of amides is 2. The predicted molar refractivity (Wildman–Crippen MR) is 144 cm³/mol. The summed E-state index contributed by atoms with van der Waals surface area (Å²) >= 11 is 1.74. The van der Waals surface area contributed by atoms with Gasteiger partial charge in [0.1, 0.15) is 5.82 Å². The summed E-state index contributed by atoms with van der Waals surface area (Å²) < 4.78 is 14.1. The Kier molecular flexibility index (Phi) is 9.54. The van der Waals surface area contributed by atoms with Crippen molar-refractivity contribution in [1.29, 1.82) is 0 Å². The summed E-state index contributed by atoms with van der Waals surface area (Å²) in [5.41, 5.74) is 2.07. The number of rotatable bonds is 10. The number of nitrogens with zero attached hydrogens (tertiary/aromatic N) is 3. The van der Waals surface area contributed by atoms with Gasteiger partial charge in [-0.1, -0.05) is 51.2 Å². The number of fused-ring (bicyclic) bond motifs is 1. The van der Waals surface area contributed by atoms with Crippen molar-refractivity contribution in [2.75, 3.05) is 32.7 Å². The van der Waals surface area contributed by atoms with E-state index in [-0.39, 0.29) is 29.7 Å². The number of piperazine rings is 1. The average molecular weight is 514 g/mol. The summed E-state index contributed by atoms with van der Waals surface area (Å²) in [6.45, 7) is 7.08. The van der Waals surface area contributed by atoms with E-state index >= 15 is 0 Å². The zero-order valence-electron chi connectivity index (χ0n) is 21.8. The van der Waals surface area contributed by atoms with Gasteiger partial charge in [-0.15, -0.1) is 11.3 Å². The second-order valence-electron chi connectivity index (χ2n) is 10.3. The van der Waals surface area contributed by atoms with Gasteiger partial charge in [-0.25, -0.2) is 4.39 Å². The Labute approximate surface area is 219 Å². The van der Waals surface area contributed by atoms with Crippen LogP contribution in [0.2, 0.25) is 0 Å². The summed E-state index contributed by atoms with van der Waals surface area (Å²) in [4.78, 5) is 33.6. The van der Waals surface area contributed by atoms with Crippen molar-refractivity contribution in [3.8, 4) is 0 Å². The average Bonchev–Trinajstić information content (AvgIpc) is 3.34. The van der Waals surface area contributed by atoms with Crippen LogP contribution in [0.3, 0.4) is 0 Å². The van der Waals surface area contributed by atoms with Gasteiger partial charge in [-0.3, -0.25) is 14.5 Å². The van der Waals surface area contributed by atoms with Gasteiger partial charge in [-0.2, -0.15) is 0 Å². The Balaban J connectivity index is 1.33. The van der Waals surface area contributed by atoms with Crippen molar-refractivity contribution in [3.05, 3.63) is 57.5 Å². The molecule has 1 fully saturated rings. The molecule has 2 aliphatic rings. The van der Waals surface area contributed by atoms with Crippen molar-refractivity contribution in [2.24, 2.45) is 0 Å². The molecule has 1 aromatic carbocycles. The molecule has 0 radical (unpaired) electrons. The summed E-state index contributed by atoms with van der Waals surface area (Å²) in [6.07, 6.45) is 8.56. The molecule has 3 heterocycles. The Bertz CT molecular complexity index is 1030. The molecule has 0 unspecified atom stereocenters. The van der Waals surface area contributed by atoms with Crippen LogP contribution in [0.15, 0.2) is 35.7 Å². The quantitative estimate of drug-likeness (QED) is 0.386. The van der Waals surface area contributed by atoms with Crippen molar-refractivity contribution in [2.45, 2.75) is 77.3 Å². The lowest BCUT2D eigenvalue weighted by atomic mass is 9.93. The highest BCUT2D eigenvalue weighted by molar-refractivity contribution is 7.10. The third-order valence-corrected chi connectivity index (χ3v) is 8.61. The first kappa shape index (κ1) is 26.8. The van der Waals surface area contributed by atoms with Crippen LogP contribution in [0, 0.1) is 5.82 Å². The monoisotopic (exact) mass is 513 g/mol. The number of carbonyl (C=O) groups is 2. The third-order valence-electron chi connectivity index (χ3n) is 7.61. The van der Waals surface area contributed by atoms with Gasteiger partial charge in [0, 0.05) is 43.5 Å². The summed E-state index contributed by atoms with van der Waals surface area (Å²) in [5, 5.41) is 2.09. The minimum Gasteiger partial charge on any atom is -0.338 e. The van der Waals surface area contributed by atoms with Gasteiger partial charge >= 0.3 is 0 Å². The second-order valence-corrected chi connectivity index (χ2v) is 11.3. The van der Waals surface area contributed by atoms with Crippen LogP contribution in [0.4, 0.5) is 4.39 Å². The van der Waals surface area contributed by atoms with E-state index in [0.717, 1.165) is 31.4 Å². The first-order valence-corrected chi connectivity index (χ1v) is 14.5. The zero-order valence-corrected chi connectivity index (χ0v) is 22.6. The molecule has 1 saturated heterocycles. The van der Waals surface area contributed by atoms with Crippen LogP contribution >= 0.6 is 11.3 Å². The fourth-order valence-corrected chi connectivity index (χ4v) is 6.54. The number of halogens is 1. The molecule has 0 bridgehead atoms. The van der Waals surface area contributed by atoms with E-state index in [2.05, 4.69) is 23.3 Å². The molecule has 4 rings (SSSR count). The van der Waals surface area contributed by atoms with Gasteiger partial charge in [0.25, 0.3) is 0 Å². The lowest BCUT2D eigenvalue weighted by Gasteiger charge is -2.42. The number of carbonyl (C=O) groups excluding carboxylic acids is 2. The molecule has 2 amide bonds. The molecule has 7 heteroatoms. The molecule has 0 aliphatic carbocycles. The zero-order chi connectivity index (χ0) is 25.5. The molecule has 0 saturated carbocycles. The summed E-state index contributed by atoms with van der Waals surface area (Å²) in [5.74, 6) is 0.0546. The van der Waals surface area contributed by atoms with E-state index in [4.69, 9.17) is 0 Å². The molecule has 1 aromatic heterocycles. The molecular formula is C29H40FN3O2S. The van der Waals surface area contributed by atoms with Crippen LogP contribution in [-0.2, 0) is 16.0 Å². The maximum absolute atomic E-state index is 14.1. The van der Waals surface area contributed by atoms with Crippen LogP contribution in [0.5, 0.6) is 0 Å². The Morgan fingerprint density at radius 3 is 2.61 bits per heavy atom. The van der Waals surface area contributed by atoms with E-state index in [0.29, 0.717) is 32.6 Å². The molecule has 2 aromatic rings. The van der Waals surface area contributed by atoms with E-state index < -0.39 is 0 Å². The largest absolute Gasteiger partial charge is 0.338 e. The molecule has 5 nitrogen and oxygen atoms in total. The van der Waals surface area contributed by atoms with Crippen LogP contribution < -0.4 is 0 Å². The molecular weight excluding hydrogens is 473 g/mol. The number of hydrogen-bond donors (Lipinski definition) is 0. The van der Waals surface area contributed by atoms with E-state index in [1.807, 2.05) is 22.8 Å². The van der Waals surface area contributed by atoms with Gasteiger partial charge in [-0.05, 0) is 54.5 Å². The maximum atomic E-state index is 14.1. The lowest BCUT2D eigenvalue weighted by molar-refractivity contribution is -0.143. The first-order chi connectivity index (χ1) is 17.5. The molecule has 2 aliphatic heterocycles. The van der Waals surface area contributed by atoms with Crippen LogP contribution in [0.1, 0.15) is 80.8 Å². The molecule has 0 spiro atoms. The summed E-state index contributed by atoms with van der Waals surface area (Å²) in [7, 11) is 0. The lowest BCUT2D eigenvalue weighted by Crippen LogP contribution is -2.57. The van der Waals surface area contributed by atoms with Gasteiger partial charge in [0.15, 0.2) is 0 Å². The van der Waals surface area contributed by atoms with Crippen molar-refractivity contribution in [3.63, 3.8) is 0 Å². The highest BCUT2D eigenvalue weighted by atomic mass is 32.1. The molecule has 196 valence electrons. The number of benzene rings is 1. The first-order valence-electron chi connectivity index (χ1n) is 13.6. The van der Waals surface area contributed by atoms with Crippen LogP contribution in [0.25, 0.3) is 0 Å². The Morgan fingerprint density at radius 1 is 1.03 bits per heavy atom. The highest BCUT2D eigenvalue weighted by Gasteiger charge is 2.34. The number of unbranched alkanes of at least 4 members (excludes halogenated alkanes) is 5. The predicted octanol–water partition coefficient (Wildman–Crippen LogP) is 5.64. The van der Waals surface area contributed by atoms with E-state index in [1.54, 1.807) is 23.5 Å². The minimum absolute atomic E-state index is 0.0270. The van der Waals surface area contributed by atoms with Crippen molar-refractivity contribution >= 4 is 23.2 Å². The topological polar surface area (TPSA) is 43.9 Å². The standard InChI is InChI=1S/C29H40FN3O2S/c1-3-4-5-6-7-8-12-27(34)33-17-16-31(20-22(33)2)28(35)21-32-15-13-26-25(14-18-36-26)29(32)23-10-9-11-24(30)19-23/h9-11,14,18-19,22,29H,3-8,12-13,15-17,20-21H2,1-2H3/t22-,29+/m1/s1. The smallest absolute Gasteiger partial charge is 0.236 e. The molecule has 0 N–H and O–H groups in total. The van der Waals surface area contributed by atoms with Gasteiger partial charge in [0.05, 0.1) is 12.6 Å². The van der Waals surface area contributed by atoms with Crippen molar-refractivity contribution in [1.82, 2.24) is 14.7 Å². The fraction of sp³-hybridized carbons (Fsp3) is 0.586. The van der Waals surface area contributed by atoms with E-state index in [9.17, 15) is 14.0 Å². The second kappa shape index (κ2) is 12.8. The van der Waals surface area contributed by atoms with Gasteiger partial charge in [0.2, 0.25) is 11.8 Å². The fourth-order valence-electron chi connectivity index (χ4n) is 5.63. The normalized spacial score (nSPS) is 20.4. The Hall–Kier alpha value is -2.25. The Morgan fingerprint density at radius 2 is 1.83 bits per heavy atom. The maximum Gasteiger partial charge on any atom is 0.236 e. The summed E-state index contributed by atoms with van der Waals surface area (Å²) in [6, 6.07) is 8.78. The minimum atomic E-state index is -0.253. The molecule has 2 atom stereocenters. The SMILES string of the molecule is CCCCCCCCC(=O)N1CCN(C(=O)CN2CCc3sccc3[C@@H]2c2cccc(F)c2)C[C@H]1C.